The second kappa shape index (κ2) is 8.67. The number of piperazine rings is 1. The minimum atomic E-state index is -0.884. The molecule has 1 saturated carbocycles. The maximum absolute atomic E-state index is 10.4. The molecule has 6 rings (SSSR count). The van der Waals surface area contributed by atoms with E-state index in [2.05, 4.69) is 43.0 Å². The maximum atomic E-state index is 10.4. The summed E-state index contributed by atoms with van der Waals surface area (Å²) in [5, 5.41) is 19.2. The summed E-state index contributed by atoms with van der Waals surface area (Å²) in [6, 6.07) is 9.98. The molecule has 0 radical (unpaired) electrons. The summed E-state index contributed by atoms with van der Waals surface area (Å²) in [5.74, 6) is 1.79. The van der Waals surface area contributed by atoms with Crippen LogP contribution in [0.15, 0.2) is 46.5 Å². The van der Waals surface area contributed by atoms with Crippen LogP contribution in [0.3, 0.4) is 0 Å². The van der Waals surface area contributed by atoms with Crippen molar-refractivity contribution in [2.75, 3.05) is 31.1 Å². The molecule has 9 heteroatoms. The number of rotatable bonds is 6. The number of anilines is 1. The van der Waals surface area contributed by atoms with E-state index in [0.717, 1.165) is 78.5 Å². The smallest absolute Gasteiger partial charge is 0.128 e. The van der Waals surface area contributed by atoms with Crippen LogP contribution < -0.4 is 9.64 Å². The van der Waals surface area contributed by atoms with Crippen LogP contribution in [0.2, 0.25) is 0 Å². The highest BCUT2D eigenvalue weighted by molar-refractivity contribution is 6.12. The first-order valence-corrected chi connectivity index (χ1v) is 12.7. The molecule has 2 aliphatic heterocycles. The van der Waals surface area contributed by atoms with Gasteiger partial charge >= 0.3 is 0 Å². The lowest BCUT2D eigenvalue weighted by Gasteiger charge is -2.39. The van der Waals surface area contributed by atoms with E-state index in [1.54, 1.807) is 26.4 Å². The molecule has 0 amide bonds. The van der Waals surface area contributed by atoms with E-state index in [1.807, 2.05) is 24.3 Å². The Morgan fingerprint density at radius 3 is 2.67 bits per heavy atom. The molecule has 1 saturated heterocycles. The number of H-pyrrole nitrogens is 1. The molecule has 2 aromatic heterocycles. The number of aromatic nitrogens is 3. The molecule has 36 heavy (non-hydrogen) atoms. The van der Waals surface area contributed by atoms with Crippen molar-refractivity contribution in [2.45, 2.75) is 57.4 Å². The van der Waals surface area contributed by atoms with Gasteiger partial charge in [0.1, 0.15) is 35.4 Å². The highest BCUT2D eigenvalue weighted by Crippen LogP contribution is 2.40. The van der Waals surface area contributed by atoms with Crippen LogP contribution in [0, 0.1) is 0 Å². The zero-order valence-electron chi connectivity index (χ0n) is 21.1. The molecular formula is C27H33N7O2. The number of aromatic amines is 1. The molecule has 1 atom stereocenters. The Bertz CT molecular complexity index is 1330. The highest BCUT2D eigenvalue weighted by Gasteiger charge is 2.40. The molecule has 9 nitrogen and oxygen atoms in total. The first-order chi connectivity index (χ1) is 17.3. The van der Waals surface area contributed by atoms with Gasteiger partial charge in [-0.25, -0.2) is 9.98 Å². The van der Waals surface area contributed by atoms with Crippen LogP contribution in [0.5, 0.6) is 5.75 Å². The summed E-state index contributed by atoms with van der Waals surface area (Å²) < 4.78 is 6.18. The molecule has 1 unspecified atom stereocenters. The van der Waals surface area contributed by atoms with E-state index in [0.29, 0.717) is 6.42 Å². The third-order valence-electron chi connectivity index (χ3n) is 7.47. The Morgan fingerprint density at radius 1 is 1.11 bits per heavy atom. The van der Waals surface area contributed by atoms with Gasteiger partial charge in [-0.15, -0.1) is 0 Å². The molecule has 0 bridgehead atoms. The van der Waals surface area contributed by atoms with Crippen molar-refractivity contribution >= 4 is 28.8 Å². The van der Waals surface area contributed by atoms with Crippen molar-refractivity contribution in [2.24, 2.45) is 9.98 Å². The fourth-order valence-electron chi connectivity index (χ4n) is 4.90. The third-order valence-corrected chi connectivity index (χ3v) is 7.47. The molecule has 188 valence electrons. The summed E-state index contributed by atoms with van der Waals surface area (Å²) >= 11 is 0. The van der Waals surface area contributed by atoms with Crippen molar-refractivity contribution in [3.05, 3.63) is 47.8 Å². The number of aliphatic hydroxyl groups is 1. The van der Waals surface area contributed by atoms with E-state index in [4.69, 9.17) is 9.73 Å². The normalized spacial score (nSPS) is 22.1. The van der Waals surface area contributed by atoms with Crippen molar-refractivity contribution < 1.29 is 9.84 Å². The maximum Gasteiger partial charge on any atom is 0.128 e. The Morgan fingerprint density at radius 2 is 1.92 bits per heavy atom. The zero-order chi connectivity index (χ0) is 24.9. The van der Waals surface area contributed by atoms with E-state index in [9.17, 15) is 5.11 Å². The van der Waals surface area contributed by atoms with Crippen LogP contribution in [-0.2, 0) is 5.60 Å². The van der Waals surface area contributed by atoms with Gasteiger partial charge in [0.15, 0.2) is 0 Å². The predicted octanol–water partition coefficient (Wildman–Crippen LogP) is 3.49. The highest BCUT2D eigenvalue weighted by atomic mass is 16.5. The number of nitrogens with zero attached hydrogens (tertiary/aromatic N) is 6. The number of hydrogen-bond acceptors (Lipinski definition) is 8. The van der Waals surface area contributed by atoms with Crippen LogP contribution in [0.25, 0.3) is 10.9 Å². The topological polar surface area (TPSA) is 102 Å². The van der Waals surface area contributed by atoms with Gasteiger partial charge in [0, 0.05) is 44.2 Å². The summed E-state index contributed by atoms with van der Waals surface area (Å²) in [6.07, 6.45) is 6.40. The molecule has 2 fully saturated rings. The van der Waals surface area contributed by atoms with Gasteiger partial charge in [-0.05, 0) is 69.5 Å². The monoisotopic (exact) mass is 487 g/mol. The SMILES string of the molecule is CC1(Oc2ccc3[nH]nc(C4=NC=NC(N5CCN(c6cc(C(C)(C)O)ccn6)CC5)C4)c3c2)CC1. The fraction of sp³-hybridized carbons (Fsp3) is 0.481. The van der Waals surface area contributed by atoms with Crippen LogP contribution in [0.1, 0.15) is 51.3 Å². The molecule has 2 N–H and O–H groups in total. The summed E-state index contributed by atoms with van der Waals surface area (Å²) in [4.78, 5) is 18.5. The fourth-order valence-corrected chi connectivity index (χ4v) is 4.90. The van der Waals surface area contributed by atoms with Crippen LogP contribution >= 0.6 is 0 Å². The van der Waals surface area contributed by atoms with E-state index < -0.39 is 5.60 Å². The number of nitrogens with one attached hydrogen (secondary N) is 1. The van der Waals surface area contributed by atoms with Crippen LogP contribution in [0.4, 0.5) is 5.82 Å². The van der Waals surface area contributed by atoms with Crippen molar-refractivity contribution in [3.8, 4) is 5.75 Å². The molecule has 3 aromatic rings. The lowest BCUT2D eigenvalue weighted by Crippen LogP contribution is -2.51. The van der Waals surface area contributed by atoms with E-state index >= 15 is 0 Å². The minimum absolute atomic E-state index is 0.0228. The quantitative estimate of drug-likeness (QED) is 0.552. The molecule has 0 spiro atoms. The second-order valence-corrected chi connectivity index (χ2v) is 10.8. The van der Waals surface area contributed by atoms with Gasteiger partial charge in [-0.3, -0.25) is 15.0 Å². The molecule has 4 heterocycles. The molecule has 1 aromatic carbocycles. The Balaban J connectivity index is 1.13. The minimum Gasteiger partial charge on any atom is -0.488 e. The summed E-state index contributed by atoms with van der Waals surface area (Å²) in [5.41, 5.74) is 2.76. The lowest BCUT2D eigenvalue weighted by molar-refractivity contribution is 0.0785. The second-order valence-electron chi connectivity index (χ2n) is 10.8. The van der Waals surface area contributed by atoms with Crippen LogP contribution in [-0.4, -0.2) is 75.2 Å². The zero-order valence-corrected chi connectivity index (χ0v) is 21.1. The number of hydrogen-bond donors (Lipinski definition) is 2. The van der Waals surface area contributed by atoms with Gasteiger partial charge < -0.3 is 14.7 Å². The van der Waals surface area contributed by atoms with Crippen molar-refractivity contribution in [3.63, 3.8) is 0 Å². The number of fused-ring (bicyclic) bond motifs is 1. The number of benzene rings is 1. The van der Waals surface area contributed by atoms with Gasteiger partial charge in [0.2, 0.25) is 0 Å². The number of aliphatic imine (C=N–C) groups is 2. The third kappa shape index (κ3) is 4.60. The Labute approximate surface area is 210 Å². The summed E-state index contributed by atoms with van der Waals surface area (Å²) in [6.45, 7) is 9.21. The van der Waals surface area contributed by atoms with Crippen molar-refractivity contribution in [1.29, 1.82) is 0 Å². The predicted molar refractivity (Wildman–Crippen MR) is 141 cm³/mol. The van der Waals surface area contributed by atoms with Gasteiger partial charge in [0.05, 0.1) is 16.8 Å². The number of ether oxygens (including phenoxy) is 1. The largest absolute Gasteiger partial charge is 0.488 e. The van der Waals surface area contributed by atoms with Gasteiger partial charge in [-0.1, -0.05) is 0 Å². The standard InChI is InChI=1S/C27H33N7O2/c1-26(2,35)18-6-9-28-23(14-18)33-10-12-34(13-11-33)24-16-22(29-17-30-24)25-20-15-19(36-27(3)7-8-27)4-5-21(20)31-32-25/h4-6,9,14-15,17,24,35H,7-8,10-13,16H2,1-3H3,(H,31,32). The van der Waals surface area contributed by atoms with Crippen molar-refractivity contribution in [1.82, 2.24) is 20.1 Å². The van der Waals surface area contributed by atoms with E-state index in [1.165, 1.54) is 0 Å². The molecular weight excluding hydrogens is 454 g/mol. The molecule has 3 aliphatic rings. The molecule has 1 aliphatic carbocycles. The lowest BCUT2D eigenvalue weighted by atomic mass is 9.99. The summed E-state index contributed by atoms with van der Waals surface area (Å²) in [7, 11) is 0. The van der Waals surface area contributed by atoms with Gasteiger partial charge in [0.25, 0.3) is 0 Å². The Kier molecular flexibility index (Phi) is 5.57. The average molecular weight is 488 g/mol. The van der Waals surface area contributed by atoms with Gasteiger partial charge in [-0.2, -0.15) is 5.10 Å². The van der Waals surface area contributed by atoms with E-state index in [-0.39, 0.29) is 11.8 Å². The first-order valence-electron chi connectivity index (χ1n) is 12.7. The first kappa shape index (κ1) is 23.1. The average Bonchev–Trinajstić information content (AvgIpc) is 3.45. The number of pyridine rings is 1. The Hall–Kier alpha value is -3.30.